The van der Waals surface area contributed by atoms with Crippen LogP contribution in [0.2, 0.25) is 0 Å². The van der Waals surface area contributed by atoms with Crippen molar-refractivity contribution in [2.24, 2.45) is 5.92 Å². The topological polar surface area (TPSA) is 69.0 Å². The normalized spacial score (nSPS) is 10.6. The number of amides is 1. The first-order chi connectivity index (χ1) is 12.5. The van der Waals surface area contributed by atoms with Gasteiger partial charge in [0.1, 0.15) is 5.69 Å². The summed E-state index contributed by atoms with van der Waals surface area (Å²) >= 11 is 2.79. The van der Waals surface area contributed by atoms with E-state index in [2.05, 4.69) is 34.5 Å². The third kappa shape index (κ3) is 4.77. The molecule has 1 N–H and O–H groups in total. The Morgan fingerprint density at radius 3 is 2.54 bits per heavy atom. The Bertz CT molecular complexity index is 776. The van der Waals surface area contributed by atoms with E-state index >= 15 is 0 Å². The fraction of sp³-hybridized carbons (Fsp3) is 0.421. The molecule has 0 saturated heterocycles. The van der Waals surface area contributed by atoms with Gasteiger partial charge >= 0.3 is 0 Å². The van der Waals surface area contributed by atoms with Crippen LogP contribution in [0, 0.1) is 24.2 Å². The Morgan fingerprint density at radius 1 is 1.35 bits per heavy atom. The maximum Gasteiger partial charge on any atom is 0.280 e. The van der Waals surface area contributed by atoms with E-state index in [1.807, 2.05) is 37.4 Å². The van der Waals surface area contributed by atoms with E-state index in [0.29, 0.717) is 17.2 Å². The average Bonchev–Trinajstić information content (AvgIpc) is 3.04. The molecule has 138 valence electrons. The average molecular weight is 389 g/mol. The third-order valence-electron chi connectivity index (χ3n) is 4.33. The summed E-state index contributed by atoms with van der Waals surface area (Å²) in [7, 11) is 0. The fourth-order valence-corrected chi connectivity index (χ4v) is 3.88. The van der Waals surface area contributed by atoms with Gasteiger partial charge in [-0.25, -0.2) is 4.98 Å². The number of carbonyl (C=O) groups excluding carboxylic acids is 1. The Kier molecular flexibility index (Phi) is 7.49. The standard InChI is InChI=1S/C19H24N4OS2/c1-5-14(6-2)12-23(16-9-7-15(11-20)8-10-16)19-21-17(13(3)26-19)18(24)22-25-4/h7-10,14H,5-6,12H2,1-4H3,(H,22,24). The highest BCUT2D eigenvalue weighted by Crippen LogP contribution is 2.33. The van der Waals surface area contributed by atoms with Crippen LogP contribution in [0.15, 0.2) is 24.3 Å². The molecule has 0 aliphatic heterocycles. The van der Waals surface area contributed by atoms with Gasteiger partial charge in [0, 0.05) is 23.4 Å². The van der Waals surface area contributed by atoms with E-state index in [-0.39, 0.29) is 5.91 Å². The number of benzene rings is 1. The molecule has 0 radical (unpaired) electrons. The predicted molar refractivity (Wildman–Crippen MR) is 110 cm³/mol. The van der Waals surface area contributed by atoms with Crippen molar-refractivity contribution in [2.75, 3.05) is 17.7 Å². The summed E-state index contributed by atoms with van der Waals surface area (Å²) < 4.78 is 2.74. The van der Waals surface area contributed by atoms with Crippen molar-refractivity contribution < 1.29 is 4.79 Å². The number of carbonyl (C=O) groups is 1. The number of nitrogens with zero attached hydrogens (tertiary/aromatic N) is 3. The minimum Gasteiger partial charge on any atom is -0.318 e. The van der Waals surface area contributed by atoms with Crippen LogP contribution in [0.4, 0.5) is 10.8 Å². The molecule has 1 amide bonds. The molecule has 2 rings (SSSR count). The lowest BCUT2D eigenvalue weighted by Crippen LogP contribution is -2.25. The largest absolute Gasteiger partial charge is 0.318 e. The maximum absolute atomic E-state index is 12.2. The molecule has 0 aliphatic rings. The molecule has 0 unspecified atom stereocenters. The van der Waals surface area contributed by atoms with Crippen LogP contribution >= 0.6 is 23.3 Å². The molecule has 2 aromatic rings. The third-order valence-corrected chi connectivity index (χ3v) is 5.71. The summed E-state index contributed by atoms with van der Waals surface area (Å²) in [6.07, 6.45) is 3.97. The molecular formula is C19H24N4OS2. The van der Waals surface area contributed by atoms with Crippen molar-refractivity contribution in [1.29, 1.82) is 5.26 Å². The van der Waals surface area contributed by atoms with E-state index in [1.54, 1.807) is 0 Å². The van der Waals surface area contributed by atoms with Crippen molar-refractivity contribution in [1.82, 2.24) is 9.71 Å². The van der Waals surface area contributed by atoms with Crippen LogP contribution in [0.1, 0.15) is 47.6 Å². The van der Waals surface area contributed by atoms with Crippen LogP contribution in [0.25, 0.3) is 0 Å². The van der Waals surface area contributed by atoms with E-state index in [9.17, 15) is 4.79 Å². The van der Waals surface area contributed by atoms with Gasteiger partial charge in [0.15, 0.2) is 5.13 Å². The molecule has 0 saturated carbocycles. The van der Waals surface area contributed by atoms with Crippen LogP contribution in [0.5, 0.6) is 0 Å². The monoisotopic (exact) mass is 388 g/mol. The fourth-order valence-electron chi connectivity index (χ4n) is 2.66. The molecule has 0 fully saturated rings. The van der Waals surface area contributed by atoms with Crippen LogP contribution in [-0.4, -0.2) is 23.7 Å². The van der Waals surface area contributed by atoms with Crippen LogP contribution in [0.3, 0.4) is 0 Å². The van der Waals surface area contributed by atoms with E-state index in [1.165, 1.54) is 23.3 Å². The van der Waals surface area contributed by atoms with E-state index in [0.717, 1.165) is 35.1 Å². The number of rotatable bonds is 8. The van der Waals surface area contributed by atoms with Gasteiger partial charge < -0.3 is 4.90 Å². The molecule has 5 nitrogen and oxygen atoms in total. The van der Waals surface area contributed by atoms with Crippen molar-refractivity contribution in [3.05, 3.63) is 40.4 Å². The van der Waals surface area contributed by atoms with Crippen molar-refractivity contribution >= 4 is 40.0 Å². The maximum atomic E-state index is 12.2. The number of nitrogens with one attached hydrogen (secondary N) is 1. The molecule has 26 heavy (non-hydrogen) atoms. The summed E-state index contributed by atoms with van der Waals surface area (Å²) in [5.41, 5.74) is 2.09. The number of aryl methyl sites for hydroxylation is 1. The Hall–Kier alpha value is -2.04. The summed E-state index contributed by atoms with van der Waals surface area (Å²) in [6.45, 7) is 7.13. The van der Waals surface area contributed by atoms with Crippen LogP contribution in [-0.2, 0) is 0 Å². The van der Waals surface area contributed by atoms with Gasteiger partial charge in [-0.05, 0) is 37.1 Å². The predicted octanol–water partition coefficient (Wildman–Crippen LogP) is 4.91. The van der Waals surface area contributed by atoms with Crippen molar-refractivity contribution in [3.8, 4) is 6.07 Å². The van der Waals surface area contributed by atoms with Gasteiger partial charge in [-0.1, -0.05) is 38.6 Å². The molecule has 1 aromatic carbocycles. The first kappa shape index (κ1) is 20.3. The molecular weight excluding hydrogens is 364 g/mol. The summed E-state index contributed by atoms with van der Waals surface area (Å²) in [6, 6.07) is 9.67. The van der Waals surface area contributed by atoms with Crippen LogP contribution < -0.4 is 9.62 Å². The zero-order valence-corrected chi connectivity index (χ0v) is 17.2. The highest BCUT2D eigenvalue weighted by atomic mass is 32.2. The molecule has 1 aromatic heterocycles. The number of anilines is 2. The second kappa shape index (κ2) is 9.60. The van der Waals surface area contributed by atoms with Gasteiger partial charge in [0.2, 0.25) is 0 Å². The van der Waals surface area contributed by atoms with Crippen molar-refractivity contribution in [3.63, 3.8) is 0 Å². The zero-order valence-electron chi connectivity index (χ0n) is 15.6. The molecule has 7 heteroatoms. The minimum absolute atomic E-state index is 0.167. The molecule has 0 bridgehead atoms. The lowest BCUT2D eigenvalue weighted by molar-refractivity contribution is 0.0980. The van der Waals surface area contributed by atoms with Gasteiger partial charge in [0.25, 0.3) is 5.91 Å². The van der Waals surface area contributed by atoms with E-state index < -0.39 is 0 Å². The van der Waals surface area contributed by atoms with Gasteiger partial charge in [-0.3, -0.25) is 9.52 Å². The minimum atomic E-state index is -0.167. The lowest BCUT2D eigenvalue weighted by Gasteiger charge is -2.26. The summed E-state index contributed by atoms with van der Waals surface area (Å²) in [5, 5.41) is 9.85. The molecule has 1 heterocycles. The summed E-state index contributed by atoms with van der Waals surface area (Å²) in [5.74, 6) is 0.359. The Morgan fingerprint density at radius 2 is 2.00 bits per heavy atom. The number of nitriles is 1. The quantitative estimate of drug-likeness (QED) is 0.651. The molecule has 0 atom stereocenters. The molecule has 0 spiro atoms. The molecule has 0 aliphatic carbocycles. The van der Waals surface area contributed by atoms with E-state index in [4.69, 9.17) is 5.26 Å². The summed E-state index contributed by atoms with van der Waals surface area (Å²) in [4.78, 5) is 19.9. The number of thiazole rings is 1. The number of aromatic nitrogens is 1. The van der Waals surface area contributed by atoms with Gasteiger partial charge in [0.05, 0.1) is 11.6 Å². The highest BCUT2D eigenvalue weighted by Gasteiger charge is 2.22. The lowest BCUT2D eigenvalue weighted by atomic mass is 10.0. The van der Waals surface area contributed by atoms with Gasteiger partial charge in [-0.2, -0.15) is 5.26 Å². The SMILES string of the molecule is CCC(CC)CN(c1ccc(C#N)cc1)c1nc(C(=O)NSC)c(C)s1. The first-order valence-electron chi connectivity index (χ1n) is 8.62. The van der Waals surface area contributed by atoms with Gasteiger partial charge in [-0.15, -0.1) is 11.3 Å². The second-order valence-electron chi connectivity index (χ2n) is 5.99. The van der Waals surface area contributed by atoms with Crippen molar-refractivity contribution in [2.45, 2.75) is 33.6 Å². The smallest absolute Gasteiger partial charge is 0.280 e. The Balaban J connectivity index is 2.41. The zero-order chi connectivity index (χ0) is 19.1. The second-order valence-corrected chi connectivity index (χ2v) is 7.78. The number of hydrogen-bond donors (Lipinski definition) is 1. The number of hydrogen-bond acceptors (Lipinski definition) is 6. The first-order valence-corrected chi connectivity index (χ1v) is 10.7. The Labute approximate surface area is 163 Å². The highest BCUT2D eigenvalue weighted by molar-refractivity contribution is 7.97.